The van der Waals surface area contributed by atoms with E-state index in [9.17, 15) is 4.39 Å². The van der Waals surface area contributed by atoms with Crippen molar-refractivity contribution < 1.29 is 13.7 Å². The van der Waals surface area contributed by atoms with Gasteiger partial charge in [0.05, 0.1) is 11.2 Å². The van der Waals surface area contributed by atoms with E-state index in [4.69, 9.17) is 9.31 Å². The van der Waals surface area contributed by atoms with Crippen molar-refractivity contribution in [3.8, 4) is 0 Å². The Labute approximate surface area is 139 Å². The average Bonchev–Trinajstić information content (AvgIpc) is 2.70. The third-order valence-electron chi connectivity index (χ3n) is 4.80. The Bertz CT molecular complexity index is 549. The minimum Gasteiger partial charge on any atom is -0.398 e. The van der Waals surface area contributed by atoms with Crippen molar-refractivity contribution in [2.75, 3.05) is 18.0 Å². The predicted molar refractivity (Wildman–Crippen MR) is 95.2 cm³/mol. The Morgan fingerprint density at radius 2 is 1.52 bits per heavy atom. The zero-order valence-corrected chi connectivity index (χ0v) is 15.0. The number of nitrogens with zero attached hydrogens (tertiary/aromatic N) is 1. The van der Waals surface area contributed by atoms with Crippen LogP contribution in [0.5, 0.6) is 0 Å². The summed E-state index contributed by atoms with van der Waals surface area (Å²) in [5.74, 6) is 0. The van der Waals surface area contributed by atoms with E-state index in [2.05, 4.69) is 18.7 Å². The monoisotopic (exact) mass is 319 g/mol. The Hall–Kier alpha value is -1.33. The van der Waals surface area contributed by atoms with E-state index >= 15 is 0 Å². The van der Waals surface area contributed by atoms with Gasteiger partial charge in [-0.3, -0.25) is 0 Å². The van der Waals surface area contributed by atoms with Crippen molar-refractivity contribution in [3.63, 3.8) is 0 Å². The van der Waals surface area contributed by atoms with Crippen LogP contribution in [-0.4, -0.2) is 31.4 Å². The van der Waals surface area contributed by atoms with Gasteiger partial charge in [0, 0.05) is 18.8 Å². The molecular formula is C18H27BFNO2. The molecule has 0 N–H and O–H groups in total. The summed E-state index contributed by atoms with van der Waals surface area (Å²) in [5, 5.41) is 0. The van der Waals surface area contributed by atoms with Crippen LogP contribution in [0.4, 0.5) is 10.1 Å². The van der Waals surface area contributed by atoms with Gasteiger partial charge in [-0.05, 0) is 65.3 Å². The van der Waals surface area contributed by atoms with Gasteiger partial charge in [-0.1, -0.05) is 12.1 Å². The lowest BCUT2D eigenvalue weighted by Crippen LogP contribution is -2.41. The molecule has 5 heteroatoms. The van der Waals surface area contributed by atoms with Gasteiger partial charge in [0.2, 0.25) is 0 Å². The van der Waals surface area contributed by atoms with Gasteiger partial charge >= 0.3 is 7.12 Å². The van der Waals surface area contributed by atoms with Crippen LogP contribution < -0.4 is 4.90 Å². The third-order valence-corrected chi connectivity index (χ3v) is 4.80. The maximum Gasteiger partial charge on any atom is 0.525 e. The molecule has 3 nitrogen and oxygen atoms in total. The van der Waals surface area contributed by atoms with Crippen LogP contribution in [0.25, 0.3) is 6.08 Å². The number of anilines is 1. The van der Waals surface area contributed by atoms with E-state index in [0.29, 0.717) is 0 Å². The molecule has 1 aromatic rings. The summed E-state index contributed by atoms with van der Waals surface area (Å²) in [6, 6.07) is 7.85. The molecule has 1 aliphatic heterocycles. The summed E-state index contributed by atoms with van der Waals surface area (Å²) in [5.41, 5.74) is 0.473. The highest BCUT2D eigenvalue weighted by Gasteiger charge is 2.53. The molecule has 1 aliphatic rings. The lowest BCUT2D eigenvalue weighted by atomic mass is 9.87. The summed E-state index contributed by atoms with van der Waals surface area (Å²) in [4.78, 5) is 2.25. The summed E-state index contributed by atoms with van der Waals surface area (Å²) < 4.78 is 25.9. The number of hydrogen-bond donors (Lipinski definition) is 0. The van der Waals surface area contributed by atoms with Crippen LogP contribution >= 0.6 is 0 Å². The fourth-order valence-electron chi connectivity index (χ4n) is 2.55. The van der Waals surface area contributed by atoms with E-state index in [-0.39, 0.29) is 0 Å². The molecule has 0 aromatic heterocycles. The molecule has 0 saturated carbocycles. The SMILES string of the molecule is CCN(CC)c1ccc(C=C(F)B2OC(C)(C)C(C)(C)O2)cc1. The first-order chi connectivity index (χ1) is 10.7. The average molecular weight is 319 g/mol. The summed E-state index contributed by atoms with van der Waals surface area (Å²) >= 11 is 0. The largest absolute Gasteiger partial charge is 0.525 e. The topological polar surface area (TPSA) is 21.7 Å². The van der Waals surface area contributed by atoms with Crippen LogP contribution in [-0.2, 0) is 9.31 Å². The molecule has 0 amide bonds. The van der Waals surface area contributed by atoms with Gasteiger partial charge in [0.15, 0.2) is 0 Å². The highest BCUT2D eigenvalue weighted by Crippen LogP contribution is 2.39. The molecule has 0 spiro atoms. The first-order valence-corrected chi connectivity index (χ1v) is 8.28. The standard InChI is InChI=1S/C18H27BFNO2/c1-7-21(8-2)15-11-9-14(10-12-15)13-16(20)19-22-17(3,4)18(5,6)23-19/h9-13H,7-8H2,1-6H3. The maximum atomic E-state index is 14.5. The zero-order chi connectivity index (χ0) is 17.3. The Balaban J connectivity index is 2.13. The van der Waals surface area contributed by atoms with Crippen LogP contribution in [0, 0.1) is 0 Å². The highest BCUT2D eigenvalue weighted by atomic mass is 19.1. The number of halogens is 1. The lowest BCUT2D eigenvalue weighted by molar-refractivity contribution is 0.00578. The second-order valence-corrected chi connectivity index (χ2v) is 6.88. The Kier molecular flexibility index (Phi) is 5.22. The van der Waals surface area contributed by atoms with Gasteiger partial charge in [0.25, 0.3) is 0 Å². The van der Waals surface area contributed by atoms with Gasteiger partial charge in [-0.25, -0.2) is 4.39 Å². The van der Waals surface area contributed by atoms with Crippen molar-refractivity contribution in [2.24, 2.45) is 0 Å². The quantitative estimate of drug-likeness (QED) is 0.747. The zero-order valence-electron chi connectivity index (χ0n) is 15.0. The lowest BCUT2D eigenvalue weighted by Gasteiger charge is -2.32. The van der Waals surface area contributed by atoms with E-state index < -0.39 is 24.0 Å². The predicted octanol–water partition coefficient (Wildman–Crippen LogP) is 4.47. The number of rotatable bonds is 5. The fourth-order valence-corrected chi connectivity index (χ4v) is 2.55. The molecule has 23 heavy (non-hydrogen) atoms. The molecule has 126 valence electrons. The van der Waals surface area contributed by atoms with Crippen molar-refractivity contribution >= 4 is 18.9 Å². The van der Waals surface area contributed by atoms with E-state index in [0.717, 1.165) is 24.3 Å². The first-order valence-electron chi connectivity index (χ1n) is 8.28. The summed E-state index contributed by atoms with van der Waals surface area (Å²) in [6.45, 7) is 13.8. The molecule has 0 atom stereocenters. The molecule has 2 rings (SSSR count). The van der Waals surface area contributed by atoms with Crippen molar-refractivity contribution in [2.45, 2.75) is 52.7 Å². The third kappa shape index (κ3) is 3.78. The molecule has 0 unspecified atom stereocenters. The maximum absolute atomic E-state index is 14.5. The van der Waals surface area contributed by atoms with E-state index in [1.165, 1.54) is 6.08 Å². The second-order valence-electron chi connectivity index (χ2n) is 6.88. The molecule has 1 aromatic carbocycles. The Morgan fingerprint density at radius 1 is 1.04 bits per heavy atom. The minimum absolute atomic E-state index is 0.403. The van der Waals surface area contributed by atoms with Gasteiger partial charge in [-0.15, -0.1) is 0 Å². The van der Waals surface area contributed by atoms with Crippen LogP contribution in [0.1, 0.15) is 47.1 Å². The number of benzene rings is 1. The van der Waals surface area contributed by atoms with Gasteiger partial charge < -0.3 is 14.2 Å². The highest BCUT2D eigenvalue weighted by molar-refractivity contribution is 6.54. The summed E-state index contributed by atoms with van der Waals surface area (Å²) in [7, 11) is -0.942. The minimum atomic E-state index is -0.942. The van der Waals surface area contributed by atoms with Crippen molar-refractivity contribution in [1.29, 1.82) is 0 Å². The van der Waals surface area contributed by atoms with Crippen molar-refractivity contribution in [3.05, 3.63) is 35.6 Å². The Morgan fingerprint density at radius 3 is 1.96 bits per heavy atom. The van der Waals surface area contributed by atoms with E-state index in [1.54, 1.807) is 0 Å². The van der Waals surface area contributed by atoms with Crippen LogP contribution in [0.2, 0.25) is 0 Å². The van der Waals surface area contributed by atoms with Crippen molar-refractivity contribution in [1.82, 2.24) is 0 Å². The second kappa shape index (κ2) is 6.66. The molecule has 1 heterocycles. The smallest absolute Gasteiger partial charge is 0.398 e. The number of hydrogen-bond acceptors (Lipinski definition) is 3. The fraction of sp³-hybridized carbons (Fsp3) is 0.556. The van der Waals surface area contributed by atoms with E-state index in [1.807, 2.05) is 52.0 Å². The molecule has 0 aliphatic carbocycles. The van der Waals surface area contributed by atoms with Crippen LogP contribution in [0.15, 0.2) is 30.0 Å². The molecule has 1 fully saturated rings. The van der Waals surface area contributed by atoms with Crippen LogP contribution in [0.3, 0.4) is 0 Å². The molecule has 0 bridgehead atoms. The van der Waals surface area contributed by atoms with Gasteiger partial charge in [-0.2, -0.15) is 0 Å². The first kappa shape index (κ1) is 18.0. The molecule has 1 saturated heterocycles. The molecular weight excluding hydrogens is 292 g/mol. The summed E-state index contributed by atoms with van der Waals surface area (Å²) in [6.07, 6.45) is 1.48. The molecule has 0 radical (unpaired) electrons. The van der Waals surface area contributed by atoms with Gasteiger partial charge in [0.1, 0.15) is 5.73 Å². The normalized spacial score (nSPS) is 20.0.